The van der Waals surface area contributed by atoms with E-state index in [4.69, 9.17) is 0 Å². The molecule has 0 amide bonds. The molecule has 0 aromatic carbocycles. The highest BCUT2D eigenvalue weighted by Crippen LogP contribution is 2.23. The third-order valence-corrected chi connectivity index (χ3v) is 4.50. The van der Waals surface area contributed by atoms with Crippen LogP contribution in [0.1, 0.15) is 20.3 Å². The average Bonchev–Trinajstić information content (AvgIpc) is 2.47. The number of thioether (sulfide) groups is 1. The first-order chi connectivity index (χ1) is 6.75. The van der Waals surface area contributed by atoms with Crippen molar-refractivity contribution >= 4 is 11.8 Å². The fourth-order valence-corrected chi connectivity index (χ4v) is 3.60. The molecule has 2 rings (SSSR count). The quantitative estimate of drug-likeness (QED) is 0.748. The van der Waals surface area contributed by atoms with Crippen LogP contribution in [-0.4, -0.2) is 48.1 Å². The molecule has 0 aliphatic carbocycles. The number of nitrogens with one attached hydrogen (secondary N) is 1. The molecule has 0 aromatic heterocycles. The van der Waals surface area contributed by atoms with Crippen LogP contribution in [-0.2, 0) is 0 Å². The van der Waals surface area contributed by atoms with Crippen LogP contribution in [0.25, 0.3) is 0 Å². The molecule has 0 radical (unpaired) electrons. The summed E-state index contributed by atoms with van der Waals surface area (Å²) in [7, 11) is 0. The fraction of sp³-hybridized carbons (Fsp3) is 1.00. The number of nitrogens with zero attached hydrogens (tertiary/aromatic N) is 1. The third-order valence-electron chi connectivity index (χ3n) is 3.37. The highest BCUT2D eigenvalue weighted by Gasteiger charge is 2.28. The van der Waals surface area contributed by atoms with Crippen LogP contribution in [0, 0.1) is 5.92 Å². The van der Waals surface area contributed by atoms with E-state index in [1.807, 2.05) is 0 Å². The molecule has 2 nitrogen and oxygen atoms in total. The molecule has 2 aliphatic rings. The molecule has 3 atom stereocenters. The van der Waals surface area contributed by atoms with E-state index >= 15 is 0 Å². The summed E-state index contributed by atoms with van der Waals surface area (Å²) in [6, 6.07) is 1.54. The van der Waals surface area contributed by atoms with Crippen molar-refractivity contribution < 1.29 is 0 Å². The zero-order valence-electron chi connectivity index (χ0n) is 9.33. The Bertz CT molecular complexity index is 180. The van der Waals surface area contributed by atoms with Crippen LogP contribution >= 0.6 is 11.8 Å². The Hall–Kier alpha value is 0.270. The van der Waals surface area contributed by atoms with Crippen LogP contribution in [0.3, 0.4) is 0 Å². The largest absolute Gasteiger partial charge is 0.311 e. The van der Waals surface area contributed by atoms with Gasteiger partial charge in [-0.15, -0.1) is 0 Å². The van der Waals surface area contributed by atoms with Crippen molar-refractivity contribution in [3.63, 3.8) is 0 Å². The lowest BCUT2D eigenvalue weighted by Gasteiger charge is -2.30. The molecule has 0 saturated carbocycles. The fourth-order valence-electron chi connectivity index (χ4n) is 2.66. The van der Waals surface area contributed by atoms with Crippen LogP contribution in [0.5, 0.6) is 0 Å². The summed E-state index contributed by atoms with van der Waals surface area (Å²) in [5.41, 5.74) is 0. The van der Waals surface area contributed by atoms with Crippen LogP contribution < -0.4 is 5.32 Å². The molecule has 3 heteroatoms. The molecule has 0 bridgehead atoms. The number of rotatable bonds is 2. The zero-order valence-corrected chi connectivity index (χ0v) is 10.1. The van der Waals surface area contributed by atoms with E-state index in [-0.39, 0.29) is 0 Å². The molecule has 14 heavy (non-hydrogen) atoms. The van der Waals surface area contributed by atoms with Gasteiger partial charge in [-0.25, -0.2) is 0 Å². The van der Waals surface area contributed by atoms with Gasteiger partial charge in [0.15, 0.2) is 0 Å². The Balaban J connectivity index is 1.78. The zero-order chi connectivity index (χ0) is 9.97. The second kappa shape index (κ2) is 4.86. The van der Waals surface area contributed by atoms with E-state index in [0.717, 1.165) is 18.0 Å². The minimum atomic E-state index is 0.737. The Morgan fingerprint density at radius 3 is 2.86 bits per heavy atom. The molecule has 2 heterocycles. The van der Waals surface area contributed by atoms with Crippen molar-refractivity contribution in [1.82, 2.24) is 10.2 Å². The predicted molar refractivity (Wildman–Crippen MR) is 63.9 cm³/mol. The molecule has 2 fully saturated rings. The highest BCUT2D eigenvalue weighted by molar-refractivity contribution is 7.99. The summed E-state index contributed by atoms with van der Waals surface area (Å²) < 4.78 is 0. The van der Waals surface area contributed by atoms with Gasteiger partial charge in [-0.3, -0.25) is 4.90 Å². The Labute approximate surface area is 91.8 Å². The Morgan fingerprint density at radius 2 is 2.29 bits per heavy atom. The second-order valence-electron chi connectivity index (χ2n) is 4.87. The molecule has 1 N–H and O–H groups in total. The Kier molecular flexibility index (Phi) is 3.74. The van der Waals surface area contributed by atoms with Crippen LogP contribution in [0.2, 0.25) is 0 Å². The maximum atomic E-state index is 3.62. The molecule has 82 valence electrons. The number of hydrogen-bond donors (Lipinski definition) is 1. The van der Waals surface area contributed by atoms with Crippen LogP contribution in [0.15, 0.2) is 0 Å². The normalized spacial score (nSPS) is 40.3. The summed E-state index contributed by atoms with van der Waals surface area (Å²) in [6.45, 7) is 8.52. The third kappa shape index (κ3) is 2.65. The van der Waals surface area contributed by atoms with Gasteiger partial charge in [-0.2, -0.15) is 11.8 Å². The van der Waals surface area contributed by atoms with Gasteiger partial charge in [0.1, 0.15) is 0 Å². The van der Waals surface area contributed by atoms with Crippen molar-refractivity contribution in [2.75, 3.05) is 31.1 Å². The molecule has 2 saturated heterocycles. The van der Waals surface area contributed by atoms with Crippen molar-refractivity contribution in [3.05, 3.63) is 0 Å². The lowest BCUT2D eigenvalue weighted by molar-refractivity contribution is 0.240. The second-order valence-corrected chi connectivity index (χ2v) is 6.02. The SMILES string of the molecule is CC1CC(C)N(CC2CSCCN2)C1. The van der Waals surface area contributed by atoms with Gasteiger partial charge in [-0.1, -0.05) is 6.92 Å². The monoisotopic (exact) mass is 214 g/mol. The van der Waals surface area contributed by atoms with E-state index in [1.54, 1.807) is 0 Å². The molecule has 0 aromatic rings. The summed E-state index contributed by atoms with van der Waals surface area (Å²) in [4.78, 5) is 2.66. The summed E-state index contributed by atoms with van der Waals surface area (Å²) in [5, 5.41) is 3.62. The van der Waals surface area contributed by atoms with Gasteiger partial charge in [0, 0.05) is 43.2 Å². The molecule has 2 aliphatic heterocycles. The van der Waals surface area contributed by atoms with E-state index in [0.29, 0.717) is 0 Å². The Morgan fingerprint density at radius 1 is 1.43 bits per heavy atom. The summed E-state index contributed by atoms with van der Waals surface area (Å²) in [5.74, 6) is 3.50. The highest BCUT2D eigenvalue weighted by atomic mass is 32.2. The van der Waals surface area contributed by atoms with Gasteiger partial charge in [0.25, 0.3) is 0 Å². The van der Waals surface area contributed by atoms with Gasteiger partial charge >= 0.3 is 0 Å². The minimum Gasteiger partial charge on any atom is -0.311 e. The van der Waals surface area contributed by atoms with Crippen molar-refractivity contribution in [1.29, 1.82) is 0 Å². The van der Waals surface area contributed by atoms with Crippen molar-refractivity contribution in [2.24, 2.45) is 5.92 Å². The number of likely N-dealkylation sites (tertiary alicyclic amines) is 1. The van der Waals surface area contributed by atoms with E-state index in [9.17, 15) is 0 Å². The van der Waals surface area contributed by atoms with Crippen LogP contribution in [0.4, 0.5) is 0 Å². The standard InChI is InChI=1S/C11H22N2S/c1-9-5-10(2)13(6-9)7-11-8-14-4-3-12-11/h9-12H,3-8H2,1-2H3. The van der Waals surface area contributed by atoms with E-state index < -0.39 is 0 Å². The van der Waals surface area contributed by atoms with Gasteiger partial charge < -0.3 is 5.32 Å². The smallest absolute Gasteiger partial charge is 0.0286 e. The maximum Gasteiger partial charge on any atom is 0.0286 e. The van der Waals surface area contributed by atoms with E-state index in [2.05, 4.69) is 35.8 Å². The molecule has 3 unspecified atom stereocenters. The molecular weight excluding hydrogens is 192 g/mol. The summed E-state index contributed by atoms with van der Waals surface area (Å²) >= 11 is 2.10. The van der Waals surface area contributed by atoms with Gasteiger partial charge in [0.05, 0.1) is 0 Å². The average molecular weight is 214 g/mol. The van der Waals surface area contributed by atoms with Crippen molar-refractivity contribution in [3.8, 4) is 0 Å². The topological polar surface area (TPSA) is 15.3 Å². The van der Waals surface area contributed by atoms with E-state index in [1.165, 1.54) is 37.6 Å². The first-order valence-electron chi connectivity index (χ1n) is 5.81. The lowest BCUT2D eigenvalue weighted by Crippen LogP contribution is -2.46. The first kappa shape index (κ1) is 10.8. The lowest BCUT2D eigenvalue weighted by atomic mass is 10.1. The van der Waals surface area contributed by atoms with Gasteiger partial charge in [-0.05, 0) is 19.3 Å². The van der Waals surface area contributed by atoms with Gasteiger partial charge in [0.2, 0.25) is 0 Å². The molecular formula is C11H22N2S. The number of hydrogen-bond acceptors (Lipinski definition) is 3. The predicted octanol–water partition coefficient (Wildman–Crippen LogP) is 1.42. The molecule has 0 spiro atoms. The summed E-state index contributed by atoms with van der Waals surface area (Å²) in [6.07, 6.45) is 1.39. The minimum absolute atomic E-state index is 0.737. The maximum absolute atomic E-state index is 3.62. The first-order valence-corrected chi connectivity index (χ1v) is 6.96. The van der Waals surface area contributed by atoms with Crippen molar-refractivity contribution in [2.45, 2.75) is 32.4 Å².